The van der Waals surface area contributed by atoms with Crippen molar-refractivity contribution in [1.29, 1.82) is 0 Å². The molecule has 0 nitrogen and oxygen atoms in total. The van der Waals surface area contributed by atoms with E-state index in [1.165, 1.54) is 15.9 Å². The van der Waals surface area contributed by atoms with Crippen molar-refractivity contribution in [1.82, 2.24) is 0 Å². The van der Waals surface area contributed by atoms with Crippen LogP contribution in [0.25, 0.3) is 0 Å². The average Bonchev–Trinajstić information content (AvgIpc) is 2.56. The predicted octanol–water partition coefficient (Wildman–Crippen LogP) is 4.33. The van der Waals surface area contributed by atoms with Crippen LogP contribution < -0.4 is 10.6 Å². The molecule has 0 spiro atoms. The van der Waals surface area contributed by atoms with Gasteiger partial charge in [0.1, 0.15) is 0 Å². The summed E-state index contributed by atoms with van der Waals surface area (Å²) in [6.45, 7) is 0. The summed E-state index contributed by atoms with van der Waals surface area (Å²) in [5.41, 5.74) is 0. The van der Waals surface area contributed by atoms with Gasteiger partial charge in [-0.05, 0) is 22.0 Å². The first-order valence-electron chi connectivity index (χ1n) is 6.84. The first kappa shape index (κ1) is 14.6. The smallest absolute Gasteiger partial charge is 0.0376 e. The predicted molar refractivity (Wildman–Crippen MR) is 101 cm³/mol. The maximum Gasteiger partial charge on any atom is 0.0376 e. The van der Waals surface area contributed by atoms with Gasteiger partial charge in [-0.15, -0.1) is 0 Å². The van der Waals surface area contributed by atoms with Crippen LogP contribution in [0.4, 0.5) is 0 Å². The lowest BCUT2D eigenvalue weighted by molar-refractivity contribution is 1.48. The molecule has 0 fully saturated rings. The van der Waals surface area contributed by atoms with Crippen molar-refractivity contribution in [2.75, 3.05) is 0 Å². The molecule has 2 aromatic rings. The Bertz CT molecular complexity index is 715. The van der Waals surface area contributed by atoms with E-state index in [2.05, 4.69) is 60.7 Å². The molecule has 0 unspecified atom stereocenters. The van der Waals surface area contributed by atoms with Gasteiger partial charge in [-0.1, -0.05) is 96.8 Å². The van der Waals surface area contributed by atoms with Crippen molar-refractivity contribution < 1.29 is 0 Å². The minimum absolute atomic E-state index is 0.819. The Morgan fingerprint density at radius 2 is 1.29 bits per heavy atom. The standard InChI is InChI=1S/C18H15PS2/c20-18-13-11-17(12-14-18)19(21,15-7-3-1-4-8-15)16-9-5-2-6-10-16/h1-13H,14H2. The third-order valence-corrected chi connectivity index (χ3v) is 8.87. The fourth-order valence-corrected chi connectivity index (χ4v) is 6.48. The number of rotatable bonds is 3. The van der Waals surface area contributed by atoms with Gasteiger partial charge in [0, 0.05) is 17.3 Å². The fraction of sp³-hybridized carbons (Fsp3) is 0.0556. The second kappa shape index (κ2) is 6.19. The second-order valence-corrected chi connectivity index (χ2v) is 9.85. The maximum absolute atomic E-state index is 6.24. The lowest BCUT2D eigenvalue weighted by Crippen LogP contribution is -2.17. The summed E-state index contributed by atoms with van der Waals surface area (Å²) < 4.78 is 0. The van der Waals surface area contributed by atoms with Crippen LogP contribution >= 0.6 is 18.3 Å². The van der Waals surface area contributed by atoms with Crippen molar-refractivity contribution in [3.8, 4) is 0 Å². The number of thiocarbonyl (C=S) groups is 1. The lowest BCUT2D eigenvalue weighted by Gasteiger charge is -2.26. The molecule has 0 N–H and O–H groups in total. The molecule has 104 valence electrons. The van der Waals surface area contributed by atoms with Crippen molar-refractivity contribution >= 4 is 45.5 Å². The van der Waals surface area contributed by atoms with Crippen LogP contribution in [0.5, 0.6) is 0 Å². The van der Waals surface area contributed by atoms with Gasteiger partial charge < -0.3 is 0 Å². The van der Waals surface area contributed by atoms with Crippen LogP contribution in [-0.4, -0.2) is 4.86 Å². The number of benzene rings is 2. The summed E-state index contributed by atoms with van der Waals surface area (Å²) in [5.74, 6) is 0. The second-order valence-electron chi connectivity index (χ2n) is 4.91. The first-order valence-corrected chi connectivity index (χ1v) is 10.1. The van der Waals surface area contributed by atoms with E-state index in [4.69, 9.17) is 24.0 Å². The van der Waals surface area contributed by atoms with Gasteiger partial charge in [0.25, 0.3) is 0 Å². The monoisotopic (exact) mass is 326 g/mol. The summed E-state index contributed by atoms with van der Waals surface area (Å²) in [7, 11) is 0. The molecule has 3 rings (SSSR count). The van der Waals surface area contributed by atoms with E-state index in [1.54, 1.807) is 0 Å². The number of allylic oxidation sites excluding steroid dienone is 4. The summed E-state index contributed by atoms with van der Waals surface area (Å²) in [6.07, 6.45) is 7.17. The molecule has 0 saturated heterocycles. The average molecular weight is 326 g/mol. The van der Waals surface area contributed by atoms with Crippen LogP contribution in [0, 0.1) is 0 Å². The molecule has 0 aromatic heterocycles. The van der Waals surface area contributed by atoms with Gasteiger partial charge in [-0.2, -0.15) is 0 Å². The SMILES string of the molecule is S=C1C=CC(P(=S)(c2ccccc2)c2ccccc2)=CC1. The molecule has 0 aliphatic heterocycles. The molecule has 0 bridgehead atoms. The minimum atomic E-state index is -1.98. The summed E-state index contributed by atoms with van der Waals surface area (Å²) in [6, 6.07) is 19.0. The molecule has 1 aliphatic carbocycles. The fourth-order valence-electron chi connectivity index (χ4n) is 2.48. The van der Waals surface area contributed by atoms with E-state index in [1.807, 2.05) is 18.2 Å². The van der Waals surface area contributed by atoms with Crippen LogP contribution in [0.15, 0.2) is 84.2 Å². The molecular weight excluding hydrogens is 311 g/mol. The molecule has 1 aliphatic rings. The molecule has 0 heterocycles. The highest BCUT2D eigenvalue weighted by Crippen LogP contribution is 2.53. The van der Waals surface area contributed by atoms with Gasteiger partial charge in [0.2, 0.25) is 0 Å². The molecule has 21 heavy (non-hydrogen) atoms. The van der Waals surface area contributed by atoms with E-state index in [-0.39, 0.29) is 0 Å². The highest BCUT2D eigenvalue weighted by atomic mass is 32.4. The van der Waals surface area contributed by atoms with E-state index < -0.39 is 6.04 Å². The molecule has 2 aromatic carbocycles. The summed E-state index contributed by atoms with van der Waals surface area (Å²) in [5, 5.41) is 3.70. The normalized spacial score (nSPS) is 14.9. The van der Waals surface area contributed by atoms with Gasteiger partial charge in [-0.3, -0.25) is 0 Å². The topological polar surface area (TPSA) is 0 Å². The van der Waals surface area contributed by atoms with Crippen LogP contribution in [-0.2, 0) is 11.8 Å². The number of hydrogen-bond acceptors (Lipinski definition) is 2. The largest absolute Gasteiger partial charge is 0.0846 e. The zero-order valence-corrected chi connectivity index (χ0v) is 14.0. The maximum atomic E-state index is 6.24. The van der Waals surface area contributed by atoms with E-state index in [0.717, 1.165) is 11.3 Å². The minimum Gasteiger partial charge on any atom is -0.0846 e. The van der Waals surface area contributed by atoms with Crippen LogP contribution in [0.3, 0.4) is 0 Å². The Morgan fingerprint density at radius 1 is 0.762 bits per heavy atom. The highest BCUT2D eigenvalue weighted by Gasteiger charge is 2.26. The molecule has 0 radical (unpaired) electrons. The molecule has 3 heteroatoms. The summed E-state index contributed by atoms with van der Waals surface area (Å²) in [4.78, 5) is 0.974. The van der Waals surface area contributed by atoms with Gasteiger partial charge in [0.05, 0.1) is 0 Å². The Labute approximate surface area is 136 Å². The molecule has 0 amide bonds. The van der Waals surface area contributed by atoms with Gasteiger partial charge in [-0.25, -0.2) is 0 Å². The van der Waals surface area contributed by atoms with Crippen molar-refractivity contribution in [3.05, 3.63) is 84.2 Å². The third kappa shape index (κ3) is 2.85. The quantitative estimate of drug-likeness (QED) is 0.608. The van der Waals surface area contributed by atoms with Crippen molar-refractivity contribution in [3.63, 3.8) is 0 Å². The third-order valence-electron chi connectivity index (χ3n) is 3.56. The summed E-state index contributed by atoms with van der Waals surface area (Å²) >= 11 is 11.5. The van der Waals surface area contributed by atoms with Crippen molar-refractivity contribution in [2.45, 2.75) is 6.42 Å². The van der Waals surface area contributed by atoms with E-state index in [0.29, 0.717) is 0 Å². The lowest BCUT2D eigenvalue weighted by atomic mass is 10.2. The Hall–Kier alpha value is -1.34. The number of hydrogen-bond donors (Lipinski definition) is 0. The zero-order chi connectivity index (χ0) is 14.7. The first-order chi connectivity index (χ1) is 10.2. The van der Waals surface area contributed by atoms with E-state index >= 15 is 0 Å². The van der Waals surface area contributed by atoms with E-state index in [9.17, 15) is 0 Å². The Morgan fingerprint density at radius 3 is 1.71 bits per heavy atom. The van der Waals surface area contributed by atoms with Gasteiger partial charge in [0.15, 0.2) is 0 Å². The van der Waals surface area contributed by atoms with Gasteiger partial charge >= 0.3 is 0 Å². The molecular formula is C18H15PS2. The Kier molecular flexibility index (Phi) is 4.30. The molecule has 0 atom stereocenters. The highest BCUT2D eigenvalue weighted by molar-refractivity contribution is 8.24. The Balaban J connectivity index is 2.20. The molecule has 0 saturated carbocycles. The van der Waals surface area contributed by atoms with Crippen molar-refractivity contribution in [2.24, 2.45) is 0 Å². The zero-order valence-electron chi connectivity index (χ0n) is 11.5. The van der Waals surface area contributed by atoms with Crippen LogP contribution in [0.2, 0.25) is 0 Å². The van der Waals surface area contributed by atoms with Crippen LogP contribution in [0.1, 0.15) is 6.42 Å².